The van der Waals surface area contributed by atoms with Gasteiger partial charge in [0.05, 0.1) is 0 Å². The zero-order chi connectivity index (χ0) is 10.1. The summed E-state index contributed by atoms with van der Waals surface area (Å²) in [6.07, 6.45) is 12.6. The lowest BCUT2D eigenvalue weighted by molar-refractivity contribution is 0.478. The molecule has 2 aliphatic rings. The van der Waals surface area contributed by atoms with Gasteiger partial charge in [-0.05, 0) is 30.2 Å². The third-order valence-corrected chi connectivity index (χ3v) is 2.48. The third kappa shape index (κ3) is 1.35. The van der Waals surface area contributed by atoms with E-state index in [1.807, 2.05) is 12.2 Å². The van der Waals surface area contributed by atoms with Crippen LogP contribution in [0.3, 0.4) is 0 Å². The monoisotopic (exact) mass is 185 g/mol. The number of nitrogens with zero attached hydrogens (tertiary/aromatic N) is 1. The van der Waals surface area contributed by atoms with Crippen molar-refractivity contribution in [2.24, 2.45) is 5.92 Å². The molecule has 0 spiro atoms. The molecule has 0 aromatic carbocycles. The van der Waals surface area contributed by atoms with Crippen LogP contribution in [0.15, 0.2) is 60.1 Å². The number of hydrogen-bond acceptors (Lipinski definition) is 1. The summed E-state index contributed by atoms with van der Waals surface area (Å²) in [4.78, 5) is 2.21. The lowest BCUT2D eigenvalue weighted by atomic mass is 10.0. The molecule has 0 amide bonds. The van der Waals surface area contributed by atoms with Crippen molar-refractivity contribution in [3.63, 3.8) is 0 Å². The molecule has 72 valence electrons. The van der Waals surface area contributed by atoms with Gasteiger partial charge in [0.15, 0.2) is 0 Å². The van der Waals surface area contributed by atoms with E-state index < -0.39 is 0 Å². The SMILES string of the molecule is C=C1C=CC=C2C=CC=C(C(C)C)N12. The lowest BCUT2D eigenvalue weighted by Crippen LogP contribution is -2.25. The standard InChI is InChI=1S/C13H15N/c1-10(2)13-9-5-8-12-7-4-6-11(3)14(12)13/h4-10H,3H2,1-2H3. The van der Waals surface area contributed by atoms with E-state index in [0.717, 1.165) is 5.70 Å². The molecule has 0 saturated heterocycles. The summed E-state index contributed by atoms with van der Waals surface area (Å²) in [5, 5.41) is 0. The summed E-state index contributed by atoms with van der Waals surface area (Å²) in [6, 6.07) is 0. The van der Waals surface area contributed by atoms with Gasteiger partial charge in [-0.1, -0.05) is 32.6 Å². The molecule has 2 rings (SSSR count). The number of fused-ring (bicyclic) bond motifs is 1. The van der Waals surface area contributed by atoms with Gasteiger partial charge in [0.1, 0.15) is 0 Å². The van der Waals surface area contributed by atoms with Gasteiger partial charge in [-0.25, -0.2) is 0 Å². The van der Waals surface area contributed by atoms with Gasteiger partial charge in [0.2, 0.25) is 0 Å². The first kappa shape index (κ1) is 9.07. The van der Waals surface area contributed by atoms with Crippen LogP contribution in [0.5, 0.6) is 0 Å². The first-order chi connectivity index (χ1) is 6.70. The van der Waals surface area contributed by atoms with Gasteiger partial charge in [0, 0.05) is 17.1 Å². The van der Waals surface area contributed by atoms with Crippen LogP contribution in [0.25, 0.3) is 0 Å². The Kier molecular flexibility index (Phi) is 2.16. The van der Waals surface area contributed by atoms with Crippen LogP contribution in [0.4, 0.5) is 0 Å². The highest BCUT2D eigenvalue weighted by atomic mass is 15.2. The predicted molar refractivity (Wildman–Crippen MR) is 60.3 cm³/mol. The van der Waals surface area contributed by atoms with Gasteiger partial charge in [-0.15, -0.1) is 0 Å². The molecule has 0 bridgehead atoms. The maximum Gasteiger partial charge on any atom is 0.0458 e. The minimum atomic E-state index is 0.520. The molecular formula is C13H15N. The first-order valence-corrected chi connectivity index (χ1v) is 4.96. The van der Waals surface area contributed by atoms with E-state index >= 15 is 0 Å². The van der Waals surface area contributed by atoms with Crippen LogP contribution in [0.1, 0.15) is 13.8 Å². The summed E-state index contributed by atoms with van der Waals surface area (Å²) < 4.78 is 0. The summed E-state index contributed by atoms with van der Waals surface area (Å²) in [7, 11) is 0. The molecule has 14 heavy (non-hydrogen) atoms. The molecule has 0 atom stereocenters. The summed E-state index contributed by atoms with van der Waals surface area (Å²) in [5.74, 6) is 0.520. The van der Waals surface area contributed by atoms with Crippen molar-refractivity contribution < 1.29 is 0 Å². The Labute approximate surface area is 85.4 Å². The van der Waals surface area contributed by atoms with Crippen molar-refractivity contribution in [2.75, 3.05) is 0 Å². The minimum absolute atomic E-state index is 0.520. The van der Waals surface area contributed by atoms with Gasteiger partial charge < -0.3 is 4.90 Å². The Morgan fingerprint density at radius 3 is 2.57 bits per heavy atom. The zero-order valence-corrected chi connectivity index (χ0v) is 8.70. The van der Waals surface area contributed by atoms with Crippen molar-refractivity contribution in [2.45, 2.75) is 13.8 Å². The Bertz CT molecular complexity index is 378. The van der Waals surface area contributed by atoms with E-state index in [9.17, 15) is 0 Å². The molecule has 2 aliphatic heterocycles. The molecule has 0 N–H and O–H groups in total. The Hall–Kier alpha value is -1.50. The average Bonchev–Trinajstić information content (AvgIpc) is 2.17. The van der Waals surface area contributed by atoms with Gasteiger partial charge in [-0.3, -0.25) is 0 Å². The fraction of sp³-hybridized carbons (Fsp3) is 0.231. The quantitative estimate of drug-likeness (QED) is 0.605. The molecule has 1 nitrogen and oxygen atoms in total. The molecule has 0 aromatic rings. The molecule has 0 aromatic heterocycles. The summed E-state index contributed by atoms with van der Waals surface area (Å²) in [5.41, 5.74) is 3.57. The van der Waals surface area contributed by atoms with Crippen molar-refractivity contribution in [1.29, 1.82) is 0 Å². The molecule has 0 aliphatic carbocycles. The lowest BCUT2D eigenvalue weighted by Gasteiger charge is -2.34. The molecular weight excluding hydrogens is 170 g/mol. The number of hydrogen-bond donors (Lipinski definition) is 0. The van der Waals surface area contributed by atoms with Crippen LogP contribution in [0.2, 0.25) is 0 Å². The van der Waals surface area contributed by atoms with Crippen LogP contribution in [0, 0.1) is 5.92 Å². The van der Waals surface area contributed by atoms with Crippen LogP contribution < -0.4 is 0 Å². The van der Waals surface area contributed by atoms with Crippen molar-refractivity contribution >= 4 is 0 Å². The van der Waals surface area contributed by atoms with E-state index in [4.69, 9.17) is 0 Å². The smallest absolute Gasteiger partial charge is 0.0458 e. The van der Waals surface area contributed by atoms with Gasteiger partial charge in [0.25, 0.3) is 0 Å². The Morgan fingerprint density at radius 2 is 1.86 bits per heavy atom. The predicted octanol–water partition coefficient (Wildman–Crippen LogP) is 3.37. The van der Waals surface area contributed by atoms with Gasteiger partial charge >= 0.3 is 0 Å². The van der Waals surface area contributed by atoms with Crippen molar-refractivity contribution in [3.8, 4) is 0 Å². The second-order valence-electron chi connectivity index (χ2n) is 3.88. The Morgan fingerprint density at radius 1 is 1.14 bits per heavy atom. The third-order valence-electron chi connectivity index (χ3n) is 2.48. The number of rotatable bonds is 1. The maximum atomic E-state index is 4.05. The van der Waals surface area contributed by atoms with E-state index in [0.29, 0.717) is 5.92 Å². The average molecular weight is 185 g/mol. The van der Waals surface area contributed by atoms with E-state index in [1.165, 1.54) is 11.4 Å². The fourth-order valence-corrected chi connectivity index (χ4v) is 1.79. The number of allylic oxidation sites excluding steroid dienone is 7. The first-order valence-electron chi connectivity index (χ1n) is 4.96. The van der Waals surface area contributed by atoms with Gasteiger partial charge in [-0.2, -0.15) is 0 Å². The molecule has 0 fully saturated rings. The largest absolute Gasteiger partial charge is 0.315 e. The van der Waals surface area contributed by atoms with Crippen LogP contribution in [-0.2, 0) is 0 Å². The molecule has 0 saturated carbocycles. The van der Waals surface area contributed by atoms with Crippen molar-refractivity contribution in [1.82, 2.24) is 4.90 Å². The topological polar surface area (TPSA) is 3.24 Å². The molecule has 0 unspecified atom stereocenters. The highest BCUT2D eigenvalue weighted by Crippen LogP contribution is 2.31. The highest BCUT2D eigenvalue weighted by Gasteiger charge is 2.20. The minimum Gasteiger partial charge on any atom is -0.315 e. The van der Waals surface area contributed by atoms with E-state index in [1.54, 1.807) is 0 Å². The second kappa shape index (κ2) is 3.33. The second-order valence-corrected chi connectivity index (χ2v) is 3.88. The highest BCUT2D eigenvalue weighted by molar-refractivity contribution is 5.44. The van der Waals surface area contributed by atoms with E-state index in [2.05, 4.69) is 49.6 Å². The normalized spacial score (nSPS) is 19.6. The Balaban J connectivity index is 2.43. The van der Waals surface area contributed by atoms with E-state index in [-0.39, 0.29) is 0 Å². The zero-order valence-electron chi connectivity index (χ0n) is 8.70. The van der Waals surface area contributed by atoms with Crippen LogP contribution >= 0.6 is 0 Å². The molecule has 1 heteroatoms. The molecule has 0 radical (unpaired) electrons. The summed E-state index contributed by atoms with van der Waals surface area (Å²) >= 11 is 0. The maximum absolute atomic E-state index is 4.05. The molecule has 2 heterocycles. The fourth-order valence-electron chi connectivity index (χ4n) is 1.79. The van der Waals surface area contributed by atoms with Crippen LogP contribution in [-0.4, -0.2) is 4.90 Å². The van der Waals surface area contributed by atoms with Crippen molar-refractivity contribution in [3.05, 3.63) is 60.1 Å². The summed E-state index contributed by atoms with van der Waals surface area (Å²) in [6.45, 7) is 8.46.